The maximum Gasteiger partial charge on any atom is 0.329 e. The van der Waals surface area contributed by atoms with Gasteiger partial charge in [0.2, 0.25) is 0 Å². The summed E-state index contributed by atoms with van der Waals surface area (Å²) in [7, 11) is 1.62. The molecule has 0 saturated heterocycles. The Kier molecular flexibility index (Phi) is 4.39. The number of carbonyl (C=O) groups excluding carboxylic acids is 1. The van der Waals surface area contributed by atoms with Gasteiger partial charge in [-0.05, 0) is 35.1 Å². The zero-order chi connectivity index (χ0) is 13.8. The molecule has 0 aliphatic rings. The van der Waals surface area contributed by atoms with E-state index in [1.807, 2.05) is 24.3 Å². The van der Waals surface area contributed by atoms with Gasteiger partial charge in [-0.25, -0.2) is 0 Å². The molecule has 0 N–H and O–H groups in total. The van der Waals surface area contributed by atoms with Crippen molar-refractivity contribution in [2.24, 2.45) is 0 Å². The second kappa shape index (κ2) is 6.04. The largest absolute Gasteiger partial charge is 0.340 e. The predicted octanol–water partition coefficient (Wildman–Crippen LogP) is 3.63. The minimum Gasteiger partial charge on any atom is -0.340 e. The molecule has 5 heteroatoms. The summed E-state index contributed by atoms with van der Waals surface area (Å²) in [6.45, 7) is 1.35. The number of thioether (sulfide) groups is 1. The van der Waals surface area contributed by atoms with E-state index in [2.05, 4.69) is 18.2 Å². The van der Waals surface area contributed by atoms with Crippen LogP contribution in [-0.2, 0) is 9.63 Å². The molecule has 0 heterocycles. The molecule has 0 atom stereocenters. The molecule has 2 aromatic rings. The van der Waals surface area contributed by atoms with E-state index in [1.165, 1.54) is 29.1 Å². The highest BCUT2D eigenvalue weighted by molar-refractivity contribution is 8.22. The average Bonchev–Trinajstić information content (AvgIpc) is 2.37. The van der Waals surface area contributed by atoms with Gasteiger partial charge in [-0.2, -0.15) is 5.06 Å². The number of thiocarbonyl (C=S) groups is 1. The zero-order valence-electron chi connectivity index (χ0n) is 10.6. The summed E-state index contributed by atoms with van der Waals surface area (Å²) < 4.78 is 0.491. The molecule has 0 aromatic heterocycles. The summed E-state index contributed by atoms with van der Waals surface area (Å²) >= 11 is 6.60. The van der Waals surface area contributed by atoms with Gasteiger partial charge in [-0.3, -0.25) is 4.79 Å². The molecule has 0 amide bonds. The highest BCUT2D eigenvalue weighted by Gasteiger charge is 2.09. The number of hydroxylamine groups is 2. The fourth-order valence-corrected chi connectivity index (χ4v) is 2.64. The second-order valence-corrected chi connectivity index (χ2v) is 5.66. The van der Waals surface area contributed by atoms with Crippen LogP contribution in [0.3, 0.4) is 0 Å². The van der Waals surface area contributed by atoms with Crippen molar-refractivity contribution in [1.29, 1.82) is 0 Å². The first-order valence-corrected chi connectivity index (χ1v) is 6.91. The SMILES string of the molecule is CC(=O)ON(C)C(=S)Sc1ccc2ccccc2c1. The minimum absolute atomic E-state index is 0.385. The lowest BCUT2D eigenvalue weighted by atomic mass is 10.1. The molecule has 3 nitrogen and oxygen atoms in total. The van der Waals surface area contributed by atoms with Crippen LogP contribution in [0.1, 0.15) is 6.92 Å². The van der Waals surface area contributed by atoms with E-state index in [9.17, 15) is 4.79 Å². The monoisotopic (exact) mass is 291 g/mol. The Morgan fingerprint density at radius 2 is 1.89 bits per heavy atom. The van der Waals surface area contributed by atoms with Crippen molar-refractivity contribution in [2.75, 3.05) is 7.05 Å². The van der Waals surface area contributed by atoms with E-state index in [0.29, 0.717) is 4.32 Å². The van der Waals surface area contributed by atoms with Crippen LogP contribution >= 0.6 is 24.0 Å². The molecular weight excluding hydrogens is 278 g/mol. The second-order valence-electron chi connectivity index (χ2n) is 3.96. The van der Waals surface area contributed by atoms with Gasteiger partial charge in [0.15, 0.2) is 4.32 Å². The lowest BCUT2D eigenvalue weighted by molar-refractivity contribution is -0.164. The van der Waals surface area contributed by atoms with Gasteiger partial charge < -0.3 is 4.84 Å². The van der Waals surface area contributed by atoms with E-state index >= 15 is 0 Å². The Balaban J connectivity index is 2.12. The van der Waals surface area contributed by atoms with E-state index in [-0.39, 0.29) is 5.97 Å². The zero-order valence-corrected chi connectivity index (χ0v) is 12.3. The van der Waals surface area contributed by atoms with Crippen molar-refractivity contribution >= 4 is 45.0 Å². The van der Waals surface area contributed by atoms with Gasteiger partial charge in [0.05, 0.1) is 0 Å². The summed E-state index contributed by atoms with van der Waals surface area (Å²) in [5, 5.41) is 3.65. The number of hydrogen-bond acceptors (Lipinski definition) is 4. The van der Waals surface area contributed by atoms with Crippen molar-refractivity contribution in [3.05, 3.63) is 42.5 Å². The van der Waals surface area contributed by atoms with E-state index in [4.69, 9.17) is 17.1 Å². The Morgan fingerprint density at radius 3 is 2.58 bits per heavy atom. The quantitative estimate of drug-likeness (QED) is 0.455. The normalized spacial score (nSPS) is 10.2. The van der Waals surface area contributed by atoms with Crippen LogP contribution in [0.2, 0.25) is 0 Å². The molecule has 0 aliphatic heterocycles. The van der Waals surface area contributed by atoms with Crippen LogP contribution in [-0.4, -0.2) is 22.4 Å². The number of fused-ring (bicyclic) bond motifs is 1. The molecule has 0 fully saturated rings. The molecular formula is C14H13NO2S2. The first-order chi connectivity index (χ1) is 9.06. The fraction of sp³-hybridized carbons (Fsp3) is 0.143. The predicted molar refractivity (Wildman–Crippen MR) is 81.9 cm³/mol. The molecule has 98 valence electrons. The Hall–Kier alpha value is -1.59. The van der Waals surface area contributed by atoms with Crippen molar-refractivity contribution in [3.8, 4) is 0 Å². The number of benzene rings is 2. The van der Waals surface area contributed by atoms with Gasteiger partial charge in [0, 0.05) is 18.9 Å². The number of rotatable bonds is 1. The molecule has 0 radical (unpaired) electrons. The third kappa shape index (κ3) is 3.68. The minimum atomic E-state index is -0.385. The molecule has 0 bridgehead atoms. The topological polar surface area (TPSA) is 29.5 Å². The Labute approximate surface area is 121 Å². The van der Waals surface area contributed by atoms with E-state index in [0.717, 1.165) is 10.3 Å². The van der Waals surface area contributed by atoms with Crippen molar-refractivity contribution in [2.45, 2.75) is 11.8 Å². The molecule has 2 rings (SSSR count). The Bertz CT molecular complexity index is 628. The van der Waals surface area contributed by atoms with Gasteiger partial charge >= 0.3 is 5.97 Å². The summed E-state index contributed by atoms with van der Waals surface area (Å²) in [5.74, 6) is -0.385. The Morgan fingerprint density at radius 1 is 1.21 bits per heavy atom. The summed E-state index contributed by atoms with van der Waals surface area (Å²) in [5.41, 5.74) is 0. The summed E-state index contributed by atoms with van der Waals surface area (Å²) in [6.07, 6.45) is 0. The molecule has 0 spiro atoms. The maximum absolute atomic E-state index is 10.9. The highest BCUT2D eigenvalue weighted by Crippen LogP contribution is 2.25. The van der Waals surface area contributed by atoms with Gasteiger partial charge in [0.1, 0.15) is 0 Å². The standard InChI is InChI=1S/C14H13NO2S2/c1-10(16)17-15(2)14(18)19-13-8-7-11-5-3-4-6-12(11)9-13/h3-9H,1-2H3. The lowest BCUT2D eigenvalue weighted by Crippen LogP contribution is -2.25. The van der Waals surface area contributed by atoms with Crippen LogP contribution in [0, 0.1) is 0 Å². The number of carbonyl (C=O) groups is 1. The first kappa shape index (κ1) is 13.8. The van der Waals surface area contributed by atoms with Crippen molar-refractivity contribution in [1.82, 2.24) is 5.06 Å². The summed E-state index contributed by atoms with van der Waals surface area (Å²) in [6, 6.07) is 14.2. The number of nitrogens with zero attached hydrogens (tertiary/aromatic N) is 1. The lowest BCUT2D eigenvalue weighted by Gasteiger charge is -2.17. The van der Waals surface area contributed by atoms with Crippen LogP contribution in [0.15, 0.2) is 47.4 Å². The fourth-order valence-electron chi connectivity index (χ4n) is 1.63. The van der Waals surface area contributed by atoms with E-state index in [1.54, 1.807) is 7.05 Å². The van der Waals surface area contributed by atoms with Crippen LogP contribution in [0.25, 0.3) is 10.8 Å². The van der Waals surface area contributed by atoms with Crippen LogP contribution in [0.4, 0.5) is 0 Å². The first-order valence-electron chi connectivity index (χ1n) is 5.69. The smallest absolute Gasteiger partial charge is 0.329 e. The van der Waals surface area contributed by atoms with Crippen molar-refractivity contribution in [3.63, 3.8) is 0 Å². The average molecular weight is 291 g/mol. The molecule has 2 aromatic carbocycles. The molecule has 0 aliphatic carbocycles. The third-order valence-corrected chi connectivity index (χ3v) is 3.88. The van der Waals surface area contributed by atoms with E-state index < -0.39 is 0 Å². The summed E-state index contributed by atoms with van der Waals surface area (Å²) in [4.78, 5) is 16.8. The third-order valence-electron chi connectivity index (χ3n) is 2.45. The maximum atomic E-state index is 10.9. The number of hydrogen-bond donors (Lipinski definition) is 0. The van der Waals surface area contributed by atoms with Crippen LogP contribution < -0.4 is 0 Å². The van der Waals surface area contributed by atoms with Gasteiger partial charge in [-0.15, -0.1) is 0 Å². The molecule has 19 heavy (non-hydrogen) atoms. The van der Waals surface area contributed by atoms with Gasteiger partial charge in [-0.1, -0.05) is 42.1 Å². The highest BCUT2D eigenvalue weighted by atomic mass is 32.2. The van der Waals surface area contributed by atoms with Crippen molar-refractivity contribution < 1.29 is 9.63 Å². The molecule has 0 saturated carbocycles. The molecule has 0 unspecified atom stereocenters. The van der Waals surface area contributed by atoms with Gasteiger partial charge in [0.25, 0.3) is 0 Å². The van der Waals surface area contributed by atoms with Crippen LogP contribution in [0.5, 0.6) is 0 Å².